The highest BCUT2D eigenvalue weighted by atomic mass is 16.5. The second-order valence-corrected chi connectivity index (χ2v) is 8.03. The molecule has 0 aromatic heterocycles. The topological polar surface area (TPSA) is 136 Å². The summed E-state index contributed by atoms with van der Waals surface area (Å²) in [6, 6.07) is 13.9. The molecular formula is C23H25N3O5. The predicted octanol–water partition coefficient (Wildman–Crippen LogP) is 0.507. The van der Waals surface area contributed by atoms with Gasteiger partial charge in [-0.2, -0.15) is 0 Å². The highest BCUT2D eigenvalue weighted by Crippen LogP contribution is 2.44. The second-order valence-electron chi connectivity index (χ2n) is 8.03. The summed E-state index contributed by atoms with van der Waals surface area (Å²) in [7, 11) is 0. The highest BCUT2D eigenvalue weighted by Gasteiger charge is 2.42. The number of benzene rings is 2. The minimum absolute atomic E-state index is 0.0415. The van der Waals surface area contributed by atoms with E-state index in [4.69, 9.17) is 16.2 Å². The Bertz CT molecular complexity index is 978. The van der Waals surface area contributed by atoms with Gasteiger partial charge in [-0.05, 0) is 22.3 Å². The van der Waals surface area contributed by atoms with Crippen molar-refractivity contribution in [1.82, 2.24) is 4.90 Å². The van der Waals surface area contributed by atoms with E-state index in [1.165, 1.54) is 4.90 Å². The van der Waals surface area contributed by atoms with Crippen molar-refractivity contribution in [3.8, 4) is 11.1 Å². The van der Waals surface area contributed by atoms with E-state index in [1.807, 2.05) is 48.5 Å². The van der Waals surface area contributed by atoms with Gasteiger partial charge in [-0.15, -0.1) is 0 Å². The number of aliphatic hydroxyl groups excluding tert-OH is 1. The maximum atomic E-state index is 12.9. The lowest BCUT2D eigenvalue weighted by Gasteiger charge is -2.26. The minimum atomic E-state index is -1.16. The molecule has 1 saturated heterocycles. The van der Waals surface area contributed by atoms with Crippen LogP contribution in [0.3, 0.4) is 0 Å². The highest BCUT2D eigenvalue weighted by molar-refractivity contribution is 5.91. The van der Waals surface area contributed by atoms with Crippen LogP contribution in [0.4, 0.5) is 0 Å². The average Bonchev–Trinajstić information content (AvgIpc) is 3.29. The summed E-state index contributed by atoms with van der Waals surface area (Å²) in [5, 5.41) is 10.0. The summed E-state index contributed by atoms with van der Waals surface area (Å²) in [6.45, 7) is 0.0784. The molecule has 3 atom stereocenters. The number of esters is 1. The summed E-state index contributed by atoms with van der Waals surface area (Å²) in [5.41, 5.74) is 15.3. The number of nitrogens with two attached hydrogens (primary N) is 2. The Morgan fingerprint density at radius 2 is 1.65 bits per heavy atom. The number of ether oxygens (including phenoxy) is 1. The molecule has 2 aromatic carbocycles. The smallest absolute Gasteiger partial charge is 0.328 e. The molecule has 1 aliphatic carbocycles. The molecule has 1 aliphatic heterocycles. The van der Waals surface area contributed by atoms with E-state index in [1.54, 1.807) is 0 Å². The van der Waals surface area contributed by atoms with Gasteiger partial charge in [-0.3, -0.25) is 9.59 Å². The molecule has 0 unspecified atom stereocenters. The first-order valence-electron chi connectivity index (χ1n) is 10.2. The zero-order valence-electron chi connectivity index (χ0n) is 16.9. The summed E-state index contributed by atoms with van der Waals surface area (Å²) < 4.78 is 5.64. The van der Waals surface area contributed by atoms with E-state index < -0.39 is 36.0 Å². The third kappa shape index (κ3) is 4.04. The second kappa shape index (κ2) is 8.49. The third-order valence-electron chi connectivity index (χ3n) is 5.93. The fourth-order valence-corrected chi connectivity index (χ4v) is 4.50. The molecule has 31 heavy (non-hydrogen) atoms. The molecule has 162 valence electrons. The predicted molar refractivity (Wildman–Crippen MR) is 113 cm³/mol. The van der Waals surface area contributed by atoms with Crippen LogP contribution < -0.4 is 11.5 Å². The Hall–Kier alpha value is -3.23. The monoisotopic (exact) mass is 423 g/mol. The number of fused-ring (bicyclic) bond motifs is 3. The molecule has 8 heteroatoms. The van der Waals surface area contributed by atoms with Gasteiger partial charge < -0.3 is 26.2 Å². The third-order valence-corrected chi connectivity index (χ3v) is 5.93. The van der Waals surface area contributed by atoms with Crippen LogP contribution >= 0.6 is 0 Å². The van der Waals surface area contributed by atoms with E-state index in [-0.39, 0.29) is 31.9 Å². The molecule has 4 rings (SSSR count). The lowest BCUT2D eigenvalue weighted by molar-refractivity contribution is -0.154. The summed E-state index contributed by atoms with van der Waals surface area (Å²) in [4.78, 5) is 37.8. The first-order chi connectivity index (χ1) is 14.9. The van der Waals surface area contributed by atoms with Gasteiger partial charge in [0.05, 0.1) is 18.6 Å². The number of rotatable bonds is 6. The molecule has 0 spiro atoms. The SMILES string of the molecule is NC(=O)C[C@H](N)C(=O)N1C[C@H](O)C[C@H]1C(=O)OCC1c2ccccc2-c2ccccc21. The Morgan fingerprint density at radius 3 is 2.23 bits per heavy atom. The zero-order valence-corrected chi connectivity index (χ0v) is 16.9. The van der Waals surface area contributed by atoms with Crippen LogP contribution in [0, 0.1) is 0 Å². The summed E-state index contributed by atoms with van der Waals surface area (Å²) in [6.07, 6.45) is -1.13. The van der Waals surface area contributed by atoms with Crippen LogP contribution in [-0.2, 0) is 19.1 Å². The van der Waals surface area contributed by atoms with Crippen LogP contribution in [0.5, 0.6) is 0 Å². The van der Waals surface area contributed by atoms with Gasteiger partial charge in [0.1, 0.15) is 12.6 Å². The molecule has 2 aliphatic rings. The minimum Gasteiger partial charge on any atom is -0.463 e. The van der Waals surface area contributed by atoms with Gasteiger partial charge in [0, 0.05) is 18.9 Å². The number of carbonyl (C=O) groups is 3. The largest absolute Gasteiger partial charge is 0.463 e. The Kier molecular flexibility index (Phi) is 5.75. The zero-order chi connectivity index (χ0) is 22.1. The van der Waals surface area contributed by atoms with E-state index in [0.717, 1.165) is 22.3 Å². The van der Waals surface area contributed by atoms with Crippen molar-refractivity contribution >= 4 is 17.8 Å². The van der Waals surface area contributed by atoms with E-state index >= 15 is 0 Å². The van der Waals surface area contributed by atoms with Crippen molar-refractivity contribution in [2.24, 2.45) is 11.5 Å². The van der Waals surface area contributed by atoms with Crippen LogP contribution in [0.1, 0.15) is 29.9 Å². The fraction of sp³-hybridized carbons (Fsp3) is 0.348. The molecule has 2 aromatic rings. The lowest BCUT2D eigenvalue weighted by Crippen LogP contribution is -2.50. The van der Waals surface area contributed by atoms with Crippen molar-refractivity contribution < 1.29 is 24.2 Å². The number of amides is 2. The number of nitrogens with zero attached hydrogens (tertiary/aromatic N) is 1. The van der Waals surface area contributed by atoms with Crippen molar-refractivity contribution in [2.45, 2.75) is 36.9 Å². The Morgan fingerprint density at radius 1 is 1.06 bits per heavy atom. The molecule has 8 nitrogen and oxygen atoms in total. The number of hydrogen-bond donors (Lipinski definition) is 3. The van der Waals surface area contributed by atoms with Gasteiger partial charge in [-0.25, -0.2) is 4.79 Å². The maximum Gasteiger partial charge on any atom is 0.328 e. The van der Waals surface area contributed by atoms with Crippen LogP contribution in [0.2, 0.25) is 0 Å². The summed E-state index contributed by atoms with van der Waals surface area (Å²) >= 11 is 0. The molecular weight excluding hydrogens is 398 g/mol. The van der Waals surface area contributed by atoms with Crippen LogP contribution in [0.15, 0.2) is 48.5 Å². The standard InChI is InChI=1S/C23H25N3O5/c24-19(10-21(25)28)22(29)26-11-13(27)9-20(26)23(30)31-12-18-16-7-3-1-5-14(16)15-6-2-4-8-17(15)18/h1-8,13,18-20,27H,9-12,24H2,(H2,25,28)/t13-,19+,20+/m1/s1. The van der Waals surface area contributed by atoms with Gasteiger partial charge in [0.15, 0.2) is 0 Å². The van der Waals surface area contributed by atoms with Crippen molar-refractivity contribution in [3.63, 3.8) is 0 Å². The Balaban J connectivity index is 1.48. The molecule has 0 radical (unpaired) electrons. The fourth-order valence-electron chi connectivity index (χ4n) is 4.50. The molecule has 1 fully saturated rings. The van der Waals surface area contributed by atoms with Crippen molar-refractivity contribution in [3.05, 3.63) is 59.7 Å². The average molecular weight is 423 g/mol. The first kappa shape index (κ1) is 21.0. The molecule has 1 heterocycles. The van der Waals surface area contributed by atoms with Gasteiger partial charge >= 0.3 is 5.97 Å². The lowest BCUT2D eigenvalue weighted by atomic mass is 9.98. The molecule has 0 saturated carbocycles. The number of β-amino-alcohol motifs (C(OH)–C–C–N with tert-alkyl or cyclic N) is 1. The van der Waals surface area contributed by atoms with Gasteiger partial charge in [0.25, 0.3) is 0 Å². The van der Waals surface area contributed by atoms with Crippen LogP contribution in [-0.4, -0.2) is 59.1 Å². The number of primary amides is 1. The van der Waals surface area contributed by atoms with Crippen LogP contribution in [0.25, 0.3) is 11.1 Å². The maximum absolute atomic E-state index is 12.9. The number of likely N-dealkylation sites (tertiary alicyclic amines) is 1. The summed E-state index contributed by atoms with van der Waals surface area (Å²) in [5.74, 6) is -2.02. The van der Waals surface area contributed by atoms with Gasteiger partial charge in [-0.1, -0.05) is 48.5 Å². The van der Waals surface area contributed by atoms with E-state index in [9.17, 15) is 19.5 Å². The molecule has 2 amide bonds. The normalized spacial score (nSPS) is 20.8. The number of hydrogen-bond acceptors (Lipinski definition) is 6. The van der Waals surface area contributed by atoms with Crippen molar-refractivity contribution in [2.75, 3.05) is 13.2 Å². The number of carbonyl (C=O) groups excluding carboxylic acids is 3. The number of aliphatic hydroxyl groups is 1. The van der Waals surface area contributed by atoms with E-state index in [2.05, 4.69) is 0 Å². The first-order valence-corrected chi connectivity index (χ1v) is 10.2. The van der Waals surface area contributed by atoms with Gasteiger partial charge in [0.2, 0.25) is 11.8 Å². The quantitative estimate of drug-likeness (QED) is 0.579. The van der Waals surface area contributed by atoms with E-state index in [0.29, 0.717) is 0 Å². The molecule has 0 bridgehead atoms. The molecule has 5 N–H and O–H groups in total. The Labute approximate surface area is 179 Å². The van der Waals surface area contributed by atoms with Crippen molar-refractivity contribution in [1.29, 1.82) is 0 Å².